The highest BCUT2D eigenvalue weighted by atomic mass is 19.1. The van der Waals surface area contributed by atoms with Gasteiger partial charge < -0.3 is 24.3 Å². The smallest absolute Gasteiger partial charge is 0.321 e. The SMILES string of the molecule is Cc1oc(C2CCN(C(=O)Nc3ccccc3F)CC2)nc1C(=O)N1CCOCC1. The van der Waals surface area contributed by atoms with Crippen LogP contribution < -0.4 is 5.32 Å². The van der Waals surface area contributed by atoms with Crippen molar-refractivity contribution in [3.05, 3.63) is 47.4 Å². The predicted molar refractivity (Wildman–Crippen MR) is 107 cm³/mol. The first-order valence-electron chi connectivity index (χ1n) is 10.2. The number of ether oxygens (including phenoxy) is 1. The van der Waals surface area contributed by atoms with Crippen LogP contribution in [-0.2, 0) is 4.74 Å². The van der Waals surface area contributed by atoms with Crippen molar-refractivity contribution < 1.29 is 23.1 Å². The molecule has 2 aliphatic rings. The van der Waals surface area contributed by atoms with Gasteiger partial charge in [-0.3, -0.25) is 4.79 Å². The third kappa shape index (κ3) is 4.30. The maximum Gasteiger partial charge on any atom is 0.321 e. The topological polar surface area (TPSA) is 87.9 Å². The number of nitrogens with one attached hydrogen (secondary N) is 1. The third-order valence-corrected chi connectivity index (χ3v) is 5.56. The highest BCUT2D eigenvalue weighted by Crippen LogP contribution is 2.29. The Labute approximate surface area is 174 Å². The predicted octanol–water partition coefficient (Wildman–Crippen LogP) is 3.01. The Hall–Kier alpha value is -2.94. The zero-order valence-electron chi connectivity index (χ0n) is 16.9. The number of urea groups is 1. The van der Waals surface area contributed by atoms with E-state index in [0.29, 0.717) is 69.6 Å². The van der Waals surface area contributed by atoms with Crippen molar-refractivity contribution in [2.75, 3.05) is 44.7 Å². The Kier molecular flexibility index (Phi) is 5.98. The molecule has 30 heavy (non-hydrogen) atoms. The zero-order valence-corrected chi connectivity index (χ0v) is 16.9. The molecule has 3 heterocycles. The highest BCUT2D eigenvalue weighted by Gasteiger charge is 2.30. The van der Waals surface area contributed by atoms with Crippen molar-refractivity contribution in [3.8, 4) is 0 Å². The number of amides is 3. The molecule has 2 saturated heterocycles. The second-order valence-electron chi connectivity index (χ2n) is 7.53. The van der Waals surface area contributed by atoms with Gasteiger partial charge in [-0.05, 0) is 31.9 Å². The quantitative estimate of drug-likeness (QED) is 0.831. The molecule has 2 aliphatic heterocycles. The van der Waals surface area contributed by atoms with E-state index in [1.165, 1.54) is 12.1 Å². The summed E-state index contributed by atoms with van der Waals surface area (Å²) in [5.41, 5.74) is 0.519. The number of aromatic nitrogens is 1. The summed E-state index contributed by atoms with van der Waals surface area (Å²) in [6, 6.07) is 5.76. The number of halogens is 1. The van der Waals surface area contributed by atoms with Gasteiger partial charge in [-0.2, -0.15) is 0 Å². The first-order chi connectivity index (χ1) is 14.5. The van der Waals surface area contributed by atoms with Gasteiger partial charge in [0, 0.05) is 32.1 Å². The Balaban J connectivity index is 1.35. The summed E-state index contributed by atoms with van der Waals surface area (Å²) in [6.45, 7) is 4.91. The molecule has 1 aromatic heterocycles. The van der Waals surface area contributed by atoms with Crippen LogP contribution in [0.4, 0.5) is 14.9 Å². The fourth-order valence-electron chi connectivity index (χ4n) is 3.79. The number of piperidine rings is 1. The minimum atomic E-state index is -0.464. The molecule has 0 radical (unpaired) electrons. The van der Waals surface area contributed by atoms with Crippen LogP contribution in [0.25, 0.3) is 0 Å². The number of hydrogen-bond acceptors (Lipinski definition) is 5. The van der Waals surface area contributed by atoms with Crippen LogP contribution in [0, 0.1) is 12.7 Å². The van der Waals surface area contributed by atoms with Crippen molar-refractivity contribution in [2.24, 2.45) is 0 Å². The number of hydrogen-bond donors (Lipinski definition) is 1. The van der Waals surface area contributed by atoms with Crippen molar-refractivity contribution in [1.82, 2.24) is 14.8 Å². The van der Waals surface area contributed by atoms with E-state index in [9.17, 15) is 14.0 Å². The van der Waals surface area contributed by atoms with Crippen LogP contribution in [0.1, 0.15) is 40.9 Å². The molecule has 4 rings (SSSR count). The van der Waals surface area contributed by atoms with Crippen LogP contribution in [0.5, 0.6) is 0 Å². The van der Waals surface area contributed by atoms with Crippen LogP contribution in [0.3, 0.4) is 0 Å². The number of aryl methyl sites for hydroxylation is 1. The molecule has 2 fully saturated rings. The molecule has 0 atom stereocenters. The number of likely N-dealkylation sites (tertiary alicyclic amines) is 1. The molecule has 0 unspecified atom stereocenters. The van der Waals surface area contributed by atoms with Crippen LogP contribution in [-0.4, -0.2) is 66.1 Å². The van der Waals surface area contributed by atoms with Crippen LogP contribution in [0.2, 0.25) is 0 Å². The molecule has 2 aromatic rings. The summed E-state index contributed by atoms with van der Waals surface area (Å²) in [6.07, 6.45) is 1.33. The molecule has 1 N–H and O–H groups in total. The maximum atomic E-state index is 13.7. The van der Waals surface area contributed by atoms with Gasteiger partial charge in [-0.15, -0.1) is 0 Å². The number of anilines is 1. The van der Waals surface area contributed by atoms with Crippen molar-refractivity contribution in [3.63, 3.8) is 0 Å². The molecule has 160 valence electrons. The average Bonchev–Trinajstić information content (AvgIpc) is 3.17. The standard InChI is InChI=1S/C21H25FN4O4/c1-14-18(20(27)25-10-12-29-13-11-25)24-19(30-14)15-6-8-26(9-7-15)21(28)23-17-5-3-2-4-16(17)22/h2-5,15H,6-13H2,1H3,(H,23,28). The molecule has 0 bridgehead atoms. The minimum absolute atomic E-state index is 0.0347. The molecular formula is C21H25FN4O4. The fourth-order valence-corrected chi connectivity index (χ4v) is 3.79. The number of nitrogens with zero attached hydrogens (tertiary/aromatic N) is 3. The van der Waals surface area contributed by atoms with E-state index in [4.69, 9.17) is 9.15 Å². The Bertz CT molecular complexity index is 917. The normalized spacial score (nSPS) is 17.8. The monoisotopic (exact) mass is 416 g/mol. The summed E-state index contributed by atoms with van der Waals surface area (Å²) in [7, 11) is 0. The van der Waals surface area contributed by atoms with Gasteiger partial charge >= 0.3 is 6.03 Å². The minimum Gasteiger partial charge on any atom is -0.445 e. The van der Waals surface area contributed by atoms with E-state index < -0.39 is 5.82 Å². The van der Waals surface area contributed by atoms with Gasteiger partial charge in [-0.1, -0.05) is 12.1 Å². The van der Waals surface area contributed by atoms with E-state index in [-0.39, 0.29) is 23.5 Å². The Morgan fingerprint density at radius 3 is 2.50 bits per heavy atom. The maximum absolute atomic E-state index is 13.7. The fraction of sp³-hybridized carbons (Fsp3) is 0.476. The van der Waals surface area contributed by atoms with Gasteiger partial charge in [0.05, 0.1) is 18.9 Å². The molecular weight excluding hydrogens is 391 g/mol. The summed E-state index contributed by atoms with van der Waals surface area (Å²) in [4.78, 5) is 33.0. The first-order valence-corrected chi connectivity index (χ1v) is 10.2. The van der Waals surface area contributed by atoms with Crippen molar-refractivity contribution >= 4 is 17.6 Å². The summed E-state index contributed by atoms with van der Waals surface area (Å²) in [5, 5.41) is 2.61. The average molecular weight is 416 g/mol. The van der Waals surface area contributed by atoms with Gasteiger partial charge in [0.1, 0.15) is 11.6 Å². The number of morpholine rings is 1. The number of rotatable bonds is 3. The Morgan fingerprint density at radius 2 is 1.80 bits per heavy atom. The summed E-state index contributed by atoms with van der Waals surface area (Å²) in [5.74, 6) is 0.493. The van der Waals surface area contributed by atoms with Crippen LogP contribution >= 0.6 is 0 Å². The lowest BCUT2D eigenvalue weighted by atomic mass is 9.97. The van der Waals surface area contributed by atoms with E-state index in [1.54, 1.807) is 28.9 Å². The van der Waals surface area contributed by atoms with Gasteiger partial charge in [0.15, 0.2) is 11.6 Å². The number of oxazole rings is 1. The number of benzene rings is 1. The number of carbonyl (C=O) groups is 2. The van der Waals surface area contributed by atoms with E-state index in [0.717, 1.165) is 0 Å². The largest absolute Gasteiger partial charge is 0.445 e. The first kappa shape index (κ1) is 20.3. The lowest BCUT2D eigenvalue weighted by Crippen LogP contribution is -2.41. The molecule has 0 spiro atoms. The van der Waals surface area contributed by atoms with E-state index in [1.807, 2.05) is 0 Å². The lowest BCUT2D eigenvalue weighted by molar-refractivity contribution is 0.0298. The molecule has 1 aromatic carbocycles. The summed E-state index contributed by atoms with van der Waals surface area (Å²) < 4.78 is 24.9. The molecule has 9 heteroatoms. The second-order valence-corrected chi connectivity index (χ2v) is 7.53. The lowest BCUT2D eigenvalue weighted by Gasteiger charge is -2.30. The van der Waals surface area contributed by atoms with Crippen LogP contribution in [0.15, 0.2) is 28.7 Å². The third-order valence-electron chi connectivity index (χ3n) is 5.56. The van der Waals surface area contributed by atoms with Gasteiger partial charge in [0.25, 0.3) is 5.91 Å². The van der Waals surface area contributed by atoms with Gasteiger partial charge in [0.2, 0.25) is 0 Å². The Morgan fingerprint density at radius 1 is 1.10 bits per heavy atom. The number of para-hydroxylation sites is 1. The zero-order chi connectivity index (χ0) is 21.1. The molecule has 8 nitrogen and oxygen atoms in total. The number of carbonyl (C=O) groups excluding carboxylic acids is 2. The highest BCUT2D eigenvalue weighted by molar-refractivity contribution is 5.93. The molecule has 3 amide bonds. The summed E-state index contributed by atoms with van der Waals surface area (Å²) >= 11 is 0. The molecule has 0 aliphatic carbocycles. The second kappa shape index (κ2) is 8.83. The van der Waals surface area contributed by atoms with E-state index >= 15 is 0 Å². The van der Waals surface area contributed by atoms with E-state index in [2.05, 4.69) is 10.3 Å². The molecule has 0 saturated carbocycles. The van der Waals surface area contributed by atoms with Gasteiger partial charge in [-0.25, -0.2) is 14.2 Å². The van der Waals surface area contributed by atoms with Crippen molar-refractivity contribution in [1.29, 1.82) is 0 Å². The van der Waals surface area contributed by atoms with Crippen molar-refractivity contribution in [2.45, 2.75) is 25.7 Å².